The van der Waals surface area contributed by atoms with E-state index in [0.29, 0.717) is 6.54 Å². The third-order valence-corrected chi connectivity index (χ3v) is 4.15. The predicted octanol–water partition coefficient (Wildman–Crippen LogP) is 3.40. The van der Waals surface area contributed by atoms with Crippen LogP contribution in [0, 0.1) is 12.7 Å². The molecule has 1 atom stereocenters. The van der Waals surface area contributed by atoms with E-state index < -0.39 is 0 Å². The van der Waals surface area contributed by atoms with Gasteiger partial charge in [-0.3, -0.25) is 4.90 Å². The zero-order chi connectivity index (χ0) is 13.7. The van der Waals surface area contributed by atoms with Crippen molar-refractivity contribution in [1.29, 1.82) is 0 Å². The summed E-state index contributed by atoms with van der Waals surface area (Å²) in [6.45, 7) is 4.77. The van der Waals surface area contributed by atoms with Crippen LogP contribution in [0.1, 0.15) is 49.3 Å². The molecule has 0 aromatic heterocycles. The summed E-state index contributed by atoms with van der Waals surface area (Å²) in [7, 11) is 0. The van der Waals surface area contributed by atoms with Gasteiger partial charge in [0.15, 0.2) is 0 Å². The monoisotopic (exact) mass is 264 g/mol. The highest BCUT2D eigenvalue weighted by molar-refractivity contribution is 5.30. The highest BCUT2D eigenvalue weighted by Gasteiger charge is 2.21. The van der Waals surface area contributed by atoms with Crippen LogP contribution in [0.5, 0.6) is 0 Å². The number of halogens is 1. The lowest BCUT2D eigenvalue weighted by molar-refractivity contribution is 0.183. The second-order valence-electron chi connectivity index (χ2n) is 5.56. The molecule has 1 aromatic carbocycles. The number of likely N-dealkylation sites (tertiary alicyclic amines) is 1. The van der Waals surface area contributed by atoms with Crippen LogP contribution >= 0.6 is 0 Å². The summed E-state index contributed by atoms with van der Waals surface area (Å²) in [5, 5.41) is 0. The predicted molar refractivity (Wildman–Crippen MR) is 77.6 cm³/mol. The van der Waals surface area contributed by atoms with E-state index in [9.17, 15) is 4.39 Å². The number of hydrogen-bond donors (Lipinski definition) is 1. The van der Waals surface area contributed by atoms with Crippen LogP contribution in [0.25, 0.3) is 0 Å². The molecule has 1 heterocycles. The smallest absolute Gasteiger partial charge is 0.123 e. The van der Waals surface area contributed by atoms with Crippen molar-refractivity contribution in [3.05, 3.63) is 35.1 Å². The van der Waals surface area contributed by atoms with Gasteiger partial charge in [0, 0.05) is 12.6 Å². The van der Waals surface area contributed by atoms with Crippen LogP contribution in [-0.2, 0) is 0 Å². The molecule has 0 spiro atoms. The van der Waals surface area contributed by atoms with E-state index in [1.54, 1.807) is 6.07 Å². The molecule has 1 fully saturated rings. The summed E-state index contributed by atoms with van der Waals surface area (Å²) in [4.78, 5) is 2.45. The van der Waals surface area contributed by atoms with Gasteiger partial charge < -0.3 is 5.73 Å². The van der Waals surface area contributed by atoms with E-state index in [2.05, 4.69) is 4.90 Å². The van der Waals surface area contributed by atoms with Crippen molar-refractivity contribution in [3.8, 4) is 0 Å². The molecular weight excluding hydrogens is 239 g/mol. The van der Waals surface area contributed by atoms with Crippen molar-refractivity contribution in [2.45, 2.75) is 45.1 Å². The molecule has 0 amide bonds. The van der Waals surface area contributed by atoms with Crippen molar-refractivity contribution < 1.29 is 4.39 Å². The molecule has 1 aliphatic heterocycles. The molecule has 0 radical (unpaired) electrons. The van der Waals surface area contributed by atoms with E-state index in [-0.39, 0.29) is 11.9 Å². The Kier molecular flexibility index (Phi) is 5.34. The van der Waals surface area contributed by atoms with E-state index in [0.717, 1.165) is 24.2 Å². The van der Waals surface area contributed by atoms with Gasteiger partial charge >= 0.3 is 0 Å². The summed E-state index contributed by atoms with van der Waals surface area (Å²) in [5.41, 5.74) is 8.18. The van der Waals surface area contributed by atoms with E-state index >= 15 is 0 Å². The topological polar surface area (TPSA) is 29.3 Å². The Morgan fingerprint density at radius 1 is 1.16 bits per heavy atom. The molecule has 0 aliphatic carbocycles. The SMILES string of the molecule is Cc1ccc(F)cc1C(CN)N1CCCCCCC1. The summed E-state index contributed by atoms with van der Waals surface area (Å²) in [6, 6.07) is 5.21. The molecular formula is C16H25FN2. The molecule has 2 nitrogen and oxygen atoms in total. The fourth-order valence-corrected chi connectivity index (χ4v) is 3.03. The molecule has 2 N–H and O–H groups in total. The Balaban J connectivity index is 2.19. The lowest BCUT2D eigenvalue weighted by Gasteiger charge is -2.33. The molecule has 106 valence electrons. The van der Waals surface area contributed by atoms with Gasteiger partial charge in [-0.25, -0.2) is 4.39 Å². The first-order valence-corrected chi connectivity index (χ1v) is 7.42. The van der Waals surface area contributed by atoms with Gasteiger partial charge in [0.25, 0.3) is 0 Å². The molecule has 1 unspecified atom stereocenters. The number of rotatable bonds is 3. The fourth-order valence-electron chi connectivity index (χ4n) is 3.03. The van der Waals surface area contributed by atoms with Gasteiger partial charge in [-0.1, -0.05) is 25.3 Å². The maximum Gasteiger partial charge on any atom is 0.123 e. The standard InChI is InChI=1S/C16H25FN2/c1-13-7-8-14(17)11-15(13)16(12-18)19-9-5-3-2-4-6-10-19/h7-8,11,16H,2-6,9-10,12,18H2,1H3. The Hall–Kier alpha value is -0.930. The van der Waals surface area contributed by atoms with Crippen molar-refractivity contribution in [1.82, 2.24) is 4.90 Å². The summed E-state index contributed by atoms with van der Waals surface area (Å²) in [6.07, 6.45) is 6.40. The highest BCUT2D eigenvalue weighted by Crippen LogP contribution is 2.26. The molecule has 1 saturated heterocycles. The number of benzene rings is 1. The largest absolute Gasteiger partial charge is 0.329 e. The summed E-state index contributed by atoms with van der Waals surface area (Å²) < 4.78 is 13.5. The first-order chi connectivity index (χ1) is 9.22. The first kappa shape index (κ1) is 14.5. The van der Waals surface area contributed by atoms with E-state index in [1.807, 2.05) is 13.0 Å². The average molecular weight is 264 g/mol. The summed E-state index contributed by atoms with van der Waals surface area (Å²) in [5.74, 6) is -0.161. The maximum absolute atomic E-state index is 13.5. The second kappa shape index (κ2) is 7.01. The van der Waals surface area contributed by atoms with Gasteiger partial charge in [-0.05, 0) is 56.1 Å². The van der Waals surface area contributed by atoms with Crippen LogP contribution in [0.4, 0.5) is 4.39 Å². The molecule has 1 aromatic rings. The third-order valence-electron chi connectivity index (χ3n) is 4.15. The average Bonchev–Trinajstić information content (AvgIpc) is 2.36. The normalized spacial score (nSPS) is 19.7. The van der Waals surface area contributed by atoms with Crippen molar-refractivity contribution >= 4 is 0 Å². The molecule has 0 saturated carbocycles. The van der Waals surface area contributed by atoms with Crippen LogP contribution in [0.2, 0.25) is 0 Å². The minimum Gasteiger partial charge on any atom is -0.329 e. The molecule has 1 aliphatic rings. The second-order valence-corrected chi connectivity index (χ2v) is 5.56. The number of nitrogens with zero attached hydrogens (tertiary/aromatic N) is 1. The van der Waals surface area contributed by atoms with Crippen LogP contribution in [0.3, 0.4) is 0 Å². The first-order valence-electron chi connectivity index (χ1n) is 7.42. The summed E-state index contributed by atoms with van der Waals surface area (Å²) >= 11 is 0. The van der Waals surface area contributed by atoms with Crippen molar-refractivity contribution in [2.24, 2.45) is 5.73 Å². The lowest BCUT2D eigenvalue weighted by Crippen LogP contribution is -2.36. The van der Waals surface area contributed by atoms with Crippen LogP contribution in [-0.4, -0.2) is 24.5 Å². The molecule has 0 bridgehead atoms. The Bertz CT molecular complexity index is 398. The fraction of sp³-hybridized carbons (Fsp3) is 0.625. The minimum atomic E-state index is -0.161. The molecule has 19 heavy (non-hydrogen) atoms. The maximum atomic E-state index is 13.5. The molecule has 2 rings (SSSR count). The van der Waals surface area contributed by atoms with Crippen molar-refractivity contribution in [2.75, 3.05) is 19.6 Å². The van der Waals surface area contributed by atoms with Gasteiger partial charge in [-0.15, -0.1) is 0 Å². The number of nitrogens with two attached hydrogens (primary N) is 1. The van der Waals surface area contributed by atoms with Gasteiger partial charge in [0.05, 0.1) is 0 Å². The highest BCUT2D eigenvalue weighted by atomic mass is 19.1. The van der Waals surface area contributed by atoms with Crippen LogP contribution < -0.4 is 5.73 Å². The third kappa shape index (κ3) is 3.77. The van der Waals surface area contributed by atoms with Crippen LogP contribution in [0.15, 0.2) is 18.2 Å². The van der Waals surface area contributed by atoms with E-state index in [4.69, 9.17) is 5.73 Å². The van der Waals surface area contributed by atoms with Gasteiger partial charge in [0.1, 0.15) is 5.82 Å². The Morgan fingerprint density at radius 2 is 1.79 bits per heavy atom. The van der Waals surface area contributed by atoms with Gasteiger partial charge in [0.2, 0.25) is 0 Å². The zero-order valence-corrected chi connectivity index (χ0v) is 11.9. The number of aryl methyl sites for hydroxylation is 1. The van der Waals surface area contributed by atoms with Gasteiger partial charge in [-0.2, -0.15) is 0 Å². The molecule has 3 heteroatoms. The Morgan fingerprint density at radius 3 is 2.42 bits per heavy atom. The Labute approximate surface area is 115 Å². The quantitative estimate of drug-likeness (QED) is 0.906. The lowest BCUT2D eigenvalue weighted by atomic mass is 9.98. The van der Waals surface area contributed by atoms with Crippen molar-refractivity contribution in [3.63, 3.8) is 0 Å². The zero-order valence-electron chi connectivity index (χ0n) is 11.9. The minimum absolute atomic E-state index is 0.161. The number of hydrogen-bond acceptors (Lipinski definition) is 2. The van der Waals surface area contributed by atoms with E-state index in [1.165, 1.54) is 38.2 Å².